The molecule has 2 N–H and O–H groups in total. The molecule has 0 bridgehead atoms. The van der Waals surface area contributed by atoms with Crippen molar-refractivity contribution in [3.63, 3.8) is 0 Å². The Morgan fingerprint density at radius 3 is 2.25 bits per heavy atom. The SMILES string of the molecule is CCCCCNC(=O)c1ccc(C(=O)Nc2cccc(Cl)c2)cc1. The highest BCUT2D eigenvalue weighted by atomic mass is 35.5. The normalized spacial score (nSPS) is 10.2. The first-order valence-corrected chi connectivity index (χ1v) is 8.43. The van der Waals surface area contributed by atoms with Crippen LogP contribution in [0.2, 0.25) is 5.02 Å². The Morgan fingerprint density at radius 1 is 0.958 bits per heavy atom. The minimum atomic E-state index is -0.243. The number of nitrogens with one attached hydrogen (secondary N) is 2. The lowest BCUT2D eigenvalue weighted by atomic mass is 10.1. The van der Waals surface area contributed by atoms with Crippen LogP contribution in [-0.4, -0.2) is 18.4 Å². The van der Waals surface area contributed by atoms with Crippen LogP contribution in [0.3, 0.4) is 0 Å². The molecule has 4 nitrogen and oxygen atoms in total. The van der Waals surface area contributed by atoms with Crippen LogP contribution in [0.5, 0.6) is 0 Å². The van der Waals surface area contributed by atoms with E-state index in [2.05, 4.69) is 17.6 Å². The average Bonchev–Trinajstić information content (AvgIpc) is 2.58. The van der Waals surface area contributed by atoms with Gasteiger partial charge >= 0.3 is 0 Å². The van der Waals surface area contributed by atoms with Crippen LogP contribution < -0.4 is 10.6 Å². The van der Waals surface area contributed by atoms with Gasteiger partial charge in [0.15, 0.2) is 0 Å². The third kappa shape index (κ3) is 5.39. The monoisotopic (exact) mass is 344 g/mol. The Morgan fingerprint density at radius 2 is 1.62 bits per heavy atom. The van der Waals surface area contributed by atoms with Crippen molar-refractivity contribution in [2.24, 2.45) is 0 Å². The number of halogens is 1. The first-order chi connectivity index (χ1) is 11.6. The van der Waals surface area contributed by atoms with E-state index in [1.807, 2.05) is 0 Å². The molecule has 0 aliphatic carbocycles. The molecule has 0 atom stereocenters. The van der Waals surface area contributed by atoms with Crippen LogP contribution in [0.1, 0.15) is 46.9 Å². The van der Waals surface area contributed by atoms with Gasteiger partial charge in [-0.25, -0.2) is 0 Å². The molecule has 0 heterocycles. The molecule has 0 spiro atoms. The van der Waals surface area contributed by atoms with Crippen LogP contribution in [0, 0.1) is 0 Å². The van der Waals surface area contributed by atoms with Crippen molar-refractivity contribution in [3.8, 4) is 0 Å². The maximum Gasteiger partial charge on any atom is 0.255 e. The van der Waals surface area contributed by atoms with Gasteiger partial charge in [0.1, 0.15) is 0 Å². The lowest BCUT2D eigenvalue weighted by Crippen LogP contribution is -2.24. The Hall–Kier alpha value is -2.33. The predicted molar refractivity (Wildman–Crippen MR) is 97.7 cm³/mol. The van der Waals surface area contributed by atoms with Gasteiger partial charge in [-0.15, -0.1) is 0 Å². The summed E-state index contributed by atoms with van der Waals surface area (Å²) >= 11 is 5.90. The number of carbonyl (C=O) groups excluding carboxylic acids is 2. The molecule has 126 valence electrons. The van der Waals surface area contributed by atoms with Gasteiger partial charge in [-0.3, -0.25) is 9.59 Å². The van der Waals surface area contributed by atoms with Crippen LogP contribution >= 0.6 is 11.6 Å². The molecule has 0 aliphatic rings. The first kappa shape index (κ1) is 18.0. The third-order valence-corrected chi connectivity index (χ3v) is 3.79. The molecule has 0 aromatic heterocycles. The first-order valence-electron chi connectivity index (χ1n) is 8.05. The van der Waals surface area contributed by atoms with Gasteiger partial charge < -0.3 is 10.6 Å². The lowest BCUT2D eigenvalue weighted by Gasteiger charge is -2.07. The minimum Gasteiger partial charge on any atom is -0.352 e. The molecule has 0 saturated carbocycles. The van der Waals surface area contributed by atoms with E-state index in [9.17, 15) is 9.59 Å². The smallest absolute Gasteiger partial charge is 0.255 e. The van der Waals surface area contributed by atoms with Crippen molar-refractivity contribution >= 4 is 29.1 Å². The third-order valence-electron chi connectivity index (χ3n) is 3.56. The highest BCUT2D eigenvalue weighted by Crippen LogP contribution is 2.16. The van der Waals surface area contributed by atoms with Crippen molar-refractivity contribution in [2.75, 3.05) is 11.9 Å². The summed E-state index contributed by atoms with van der Waals surface area (Å²) in [5.41, 5.74) is 1.66. The Bertz CT molecular complexity index is 699. The lowest BCUT2D eigenvalue weighted by molar-refractivity contribution is 0.0951. The van der Waals surface area contributed by atoms with E-state index in [1.165, 1.54) is 0 Å². The van der Waals surface area contributed by atoms with Gasteiger partial charge in [0, 0.05) is 28.4 Å². The van der Waals surface area contributed by atoms with E-state index >= 15 is 0 Å². The molecule has 0 saturated heterocycles. The number of benzene rings is 2. The number of hydrogen-bond donors (Lipinski definition) is 2. The molecular formula is C19H21ClN2O2. The van der Waals surface area contributed by atoms with Gasteiger partial charge in [-0.2, -0.15) is 0 Å². The average molecular weight is 345 g/mol. The summed E-state index contributed by atoms with van der Waals surface area (Å²) in [4.78, 5) is 24.2. The fourth-order valence-electron chi connectivity index (χ4n) is 2.22. The fraction of sp³-hybridized carbons (Fsp3) is 0.263. The molecule has 2 rings (SSSR count). The van der Waals surface area contributed by atoms with Gasteiger partial charge in [0.25, 0.3) is 11.8 Å². The minimum absolute atomic E-state index is 0.118. The van der Waals surface area contributed by atoms with Crippen LogP contribution in [0.25, 0.3) is 0 Å². The summed E-state index contributed by atoms with van der Waals surface area (Å²) in [5, 5.41) is 6.20. The van der Waals surface area contributed by atoms with Crippen molar-refractivity contribution in [1.29, 1.82) is 0 Å². The highest BCUT2D eigenvalue weighted by Gasteiger charge is 2.09. The molecule has 0 unspecified atom stereocenters. The van der Waals surface area contributed by atoms with E-state index in [0.717, 1.165) is 19.3 Å². The van der Waals surface area contributed by atoms with E-state index in [1.54, 1.807) is 48.5 Å². The zero-order valence-corrected chi connectivity index (χ0v) is 14.4. The Labute approximate surface area is 147 Å². The van der Waals surface area contributed by atoms with Crippen LogP contribution in [0.15, 0.2) is 48.5 Å². The summed E-state index contributed by atoms with van der Waals surface area (Å²) in [6.45, 7) is 2.79. The number of amides is 2. The molecule has 0 radical (unpaired) electrons. The van der Waals surface area contributed by atoms with E-state index < -0.39 is 0 Å². The quantitative estimate of drug-likeness (QED) is 0.726. The summed E-state index contributed by atoms with van der Waals surface area (Å²) < 4.78 is 0. The Kier molecular flexibility index (Phi) is 6.82. The molecule has 0 aliphatic heterocycles. The second kappa shape index (κ2) is 9.08. The summed E-state index contributed by atoms with van der Waals surface area (Å²) in [5.74, 6) is -0.361. The van der Waals surface area contributed by atoms with Gasteiger partial charge in [0.2, 0.25) is 0 Å². The zero-order chi connectivity index (χ0) is 17.4. The number of carbonyl (C=O) groups is 2. The molecule has 2 aromatic rings. The molecule has 0 fully saturated rings. The molecule has 2 amide bonds. The van der Waals surface area contributed by atoms with Crippen LogP contribution in [-0.2, 0) is 0 Å². The van der Waals surface area contributed by atoms with E-state index in [-0.39, 0.29) is 11.8 Å². The number of rotatable bonds is 7. The predicted octanol–water partition coefficient (Wildman–Crippen LogP) is 4.51. The second-order valence-electron chi connectivity index (χ2n) is 5.50. The highest BCUT2D eigenvalue weighted by molar-refractivity contribution is 6.31. The number of hydrogen-bond acceptors (Lipinski definition) is 2. The van der Waals surface area contributed by atoms with Crippen molar-refractivity contribution < 1.29 is 9.59 Å². The summed E-state index contributed by atoms with van der Waals surface area (Å²) in [7, 11) is 0. The largest absolute Gasteiger partial charge is 0.352 e. The fourth-order valence-corrected chi connectivity index (χ4v) is 2.41. The molecule has 2 aromatic carbocycles. The van der Waals surface area contributed by atoms with Gasteiger partial charge in [0.05, 0.1) is 0 Å². The van der Waals surface area contributed by atoms with Crippen molar-refractivity contribution in [2.45, 2.75) is 26.2 Å². The van der Waals surface area contributed by atoms with E-state index in [0.29, 0.717) is 28.4 Å². The van der Waals surface area contributed by atoms with Crippen molar-refractivity contribution in [3.05, 3.63) is 64.7 Å². The number of unbranched alkanes of at least 4 members (excludes halogenated alkanes) is 2. The van der Waals surface area contributed by atoms with Crippen LogP contribution in [0.4, 0.5) is 5.69 Å². The second-order valence-corrected chi connectivity index (χ2v) is 5.94. The molecule has 24 heavy (non-hydrogen) atoms. The molecular weight excluding hydrogens is 324 g/mol. The maximum absolute atomic E-state index is 12.2. The maximum atomic E-state index is 12.2. The topological polar surface area (TPSA) is 58.2 Å². The molecule has 5 heteroatoms. The summed E-state index contributed by atoms with van der Waals surface area (Å²) in [6, 6.07) is 13.5. The van der Waals surface area contributed by atoms with Gasteiger partial charge in [-0.1, -0.05) is 37.4 Å². The van der Waals surface area contributed by atoms with E-state index in [4.69, 9.17) is 11.6 Å². The van der Waals surface area contributed by atoms with Gasteiger partial charge in [-0.05, 0) is 48.9 Å². The van der Waals surface area contributed by atoms with Crippen molar-refractivity contribution in [1.82, 2.24) is 5.32 Å². The number of anilines is 1. The summed E-state index contributed by atoms with van der Waals surface area (Å²) in [6.07, 6.45) is 3.19. The zero-order valence-electron chi connectivity index (χ0n) is 13.6. The Balaban J connectivity index is 1.93. The standard InChI is InChI=1S/C19H21ClN2O2/c1-2-3-4-12-21-18(23)14-8-10-15(11-9-14)19(24)22-17-7-5-6-16(20)13-17/h5-11,13H,2-4,12H2,1H3,(H,21,23)(H,22,24).